The molecule has 0 aliphatic carbocycles. The van der Waals surface area contributed by atoms with Crippen LogP contribution in [0.5, 0.6) is 0 Å². The number of amides is 1. The third-order valence-corrected chi connectivity index (χ3v) is 5.66. The van der Waals surface area contributed by atoms with Crippen LogP contribution in [0.1, 0.15) is 18.9 Å². The van der Waals surface area contributed by atoms with Crippen LogP contribution in [0.4, 0.5) is 5.69 Å². The molecule has 1 amide bonds. The maximum absolute atomic E-state index is 12.7. The van der Waals surface area contributed by atoms with E-state index >= 15 is 0 Å². The lowest BCUT2D eigenvalue weighted by atomic mass is 9.85. The Balaban J connectivity index is 1.71. The van der Waals surface area contributed by atoms with Crippen LogP contribution in [0.2, 0.25) is 15.1 Å². The first-order valence-corrected chi connectivity index (χ1v) is 8.78. The Morgan fingerprint density at radius 2 is 1.88 bits per heavy atom. The van der Waals surface area contributed by atoms with Crippen molar-refractivity contribution in [2.24, 2.45) is 0 Å². The summed E-state index contributed by atoms with van der Waals surface area (Å²) in [5.74, 6) is -0.0563. The fourth-order valence-corrected chi connectivity index (χ4v) is 3.28. The molecule has 0 radical (unpaired) electrons. The number of anilines is 1. The summed E-state index contributed by atoms with van der Waals surface area (Å²) in [6.45, 7) is 3.45. The van der Waals surface area contributed by atoms with Gasteiger partial charge in [-0.15, -0.1) is 0 Å². The number of benzene rings is 2. The molecule has 2 aromatic carbocycles. The number of carbonyl (C=O) groups is 1. The zero-order valence-electron chi connectivity index (χ0n) is 13.2. The molecule has 0 spiro atoms. The Labute approximate surface area is 156 Å². The first-order valence-electron chi connectivity index (χ1n) is 7.65. The van der Waals surface area contributed by atoms with Gasteiger partial charge in [0.1, 0.15) is 0 Å². The second-order valence-corrected chi connectivity index (χ2v) is 7.34. The highest BCUT2D eigenvalue weighted by Gasteiger charge is 2.46. The van der Waals surface area contributed by atoms with Crippen LogP contribution < -0.4 is 5.32 Å². The first-order chi connectivity index (χ1) is 11.4. The van der Waals surface area contributed by atoms with Crippen molar-refractivity contribution in [1.82, 2.24) is 4.90 Å². The van der Waals surface area contributed by atoms with Gasteiger partial charge in [-0.2, -0.15) is 0 Å². The highest BCUT2D eigenvalue weighted by molar-refractivity contribution is 6.42. The molecule has 1 aliphatic rings. The van der Waals surface area contributed by atoms with Crippen LogP contribution in [0, 0.1) is 0 Å². The van der Waals surface area contributed by atoms with E-state index < -0.39 is 5.54 Å². The van der Waals surface area contributed by atoms with Crippen LogP contribution in [-0.2, 0) is 11.3 Å². The van der Waals surface area contributed by atoms with Crippen molar-refractivity contribution in [3.8, 4) is 0 Å². The predicted octanol–water partition coefficient (Wildman–Crippen LogP) is 5.25. The molecule has 1 N–H and O–H groups in total. The monoisotopic (exact) mass is 382 g/mol. The molecule has 3 rings (SSSR count). The minimum atomic E-state index is -0.564. The summed E-state index contributed by atoms with van der Waals surface area (Å²) in [7, 11) is 0. The third-order valence-electron chi connectivity index (χ3n) is 4.55. The number of rotatable bonds is 4. The fraction of sp³-hybridized carbons (Fsp3) is 0.278. The maximum atomic E-state index is 12.7. The van der Waals surface area contributed by atoms with Gasteiger partial charge < -0.3 is 5.32 Å². The molecule has 2 aromatic rings. The number of nitrogens with one attached hydrogen (secondary N) is 1. The minimum absolute atomic E-state index is 0.0563. The van der Waals surface area contributed by atoms with E-state index in [-0.39, 0.29) is 5.91 Å². The highest BCUT2D eigenvalue weighted by atomic mass is 35.5. The molecule has 0 aromatic heterocycles. The van der Waals surface area contributed by atoms with Gasteiger partial charge in [-0.25, -0.2) is 0 Å². The lowest BCUT2D eigenvalue weighted by Crippen LogP contribution is -2.63. The average molecular weight is 384 g/mol. The van der Waals surface area contributed by atoms with E-state index in [0.717, 1.165) is 23.6 Å². The van der Waals surface area contributed by atoms with Crippen molar-refractivity contribution in [2.45, 2.75) is 25.4 Å². The van der Waals surface area contributed by atoms with Crippen molar-refractivity contribution in [3.63, 3.8) is 0 Å². The van der Waals surface area contributed by atoms with Gasteiger partial charge in [0.15, 0.2) is 0 Å². The quantitative estimate of drug-likeness (QED) is 0.782. The number of likely N-dealkylation sites (tertiary alicyclic amines) is 1. The molecular formula is C18H17Cl3N2O. The zero-order valence-corrected chi connectivity index (χ0v) is 15.4. The first kappa shape index (κ1) is 17.6. The van der Waals surface area contributed by atoms with Crippen LogP contribution in [-0.4, -0.2) is 22.9 Å². The third kappa shape index (κ3) is 3.40. The largest absolute Gasteiger partial charge is 0.324 e. The Kier molecular flexibility index (Phi) is 5.07. The van der Waals surface area contributed by atoms with E-state index in [1.54, 1.807) is 18.2 Å². The molecule has 3 nitrogen and oxygen atoms in total. The van der Waals surface area contributed by atoms with Crippen molar-refractivity contribution in [3.05, 3.63) is 63.1 Å². The molecule has 0 bridgehead atoms. The van der Waals surface area contributed by atoms with Gasteiger partial charge in [-0.05, 0) is 43.2 Å². The number of hydrogen-bond donors (Lipinski definition) is 1. The van der Waals surface area contributed by atoms with Crippen molar-refractivity contribution < 1.29 is 4.79 Å². The smallest absolute Gasteiger partial charge is 0.244 e. The van der Waals surface area contributed by atoms with E-state index in [0.29, 0.717) is 22.3 Å². The zero-order chi connectivity index (χ0) is 17.3. The Bertz CT molecular complexity index is 781. The minimum Gasteiger partial charge on any atom is -0.324 e. The van der Waals surface area contributed by atoms with E-state index in [1.165, 1.54) is 0 Å². The van der Waals surface area contributed by atoms with Crippen molar-refractivity contribution >= 4 is 46.4 Å². The number of nitrogens with zero attached hydrogens (tertiary/aromatic N) is 1. The van der Waals surface area contributed by atoms with Crippen LogP contribution >= 0.6 is 34.8 Å². The number of hydrogen-bond acceptors (Lipinski definition) is 2. The van der Waals surface area contributed by atoms with Gasteiger partial charge >= 0.3 is 0 Å². The SMILES string of the molecule is CC1(C(=O)Nc2ccc(Cl)c(Cl)c2)CCN1Cc1ccccc1Cl. The van der Waals surface area contributed by atoms with Gasteiger partial charge in [0, 0.05) is 23.8 Å². The predicted molar refractivity (Wildman–Crippen MR) is 100.0 cm³/mol. The molecule has 1 fully saturated rings. The van der Waals surface area contributed by atoms with Gasteiger partial charge in [-0.1, -0.05) is 53.0 Å². The summed E-state index contributed by atoms with van der Waals surface area (Å²) in [6, 6.07) is 12.8. The summed E-state index contributed by atoms with van der Waals surface area (Å²) < 4.78 is 0. The average Bonchev–Trinajstić information content (AvgIpc) is 2.55. The number of halogens is 3. The molecule has 0 saturated carbocycles. The maximum Gasteiger partial charge on any atom is 0.244 e. The summed E-state index contributed by atoms with van der Waals surface area (Å²) in [4.78, 5) is 14.9. The lowest BCUT2D eigenvalue weighted by molar-refractivity contribution is -0.136. The normalized spacial score (nSPS) is 20.5. The van der Waals surface area contributed by atoms with Crippen molar-refractivity contribution in [1.29, 1.82) is 0 Å². The Morgan fingerprint density at radius 1 is 1.12 bits per heavy atom. The van der Waals surface area contributed by atoms with Gasteiger partial charge in [-0.3, -0.25) is 9.69 Å². The fourth-order valence-electron chi connectivity index (χ4n) is 2.79. The van der Waals surface area contributed by atoms with Crippen LogP contribution in [0.15, 0.2) is 42.5 Å². The van der Waals surface area contributed by atoms with E-state index in [1.807, 2.05) is 31.2 Å². The molecule has 6 heteroatoms. The van der Waals surface area contributed by atoms with Crippen LogP contribution in [0.25, 0.3) is 0 Å². The second-order valence-electron chi connectivity index (χ2n) is 6.12. The molecule has 126 valence electrons. The molecule has 1 unspecified atom stereocenters. The number of carbonyl (C=O) groups excluding carboxylic acids is 1. The van der Waals surface area contributed by atoms with Crippen LogP contribution in [0.3, 0.4) is 0 Å². The van der Waals surface area contributed by atoms with Crippen molar-refractivity contribution in [2.75, 3.05) is 11.9 Å². The summed E-state index contributed by atoms with van der Waals surface area (Å²) in [5, 5.41) is 4.53. The molecule has 1 atom stereocenters. The highest BCUT2D eigenvalue weighted by Crippen LogP contribution is 2.35. The van der Waals surface area contributed by atoms with Gasteiger partial charge in [0.2, 0.25) is 5.91 Å². The summed E-state index contributed by atoms with van der Waals surface area (Å²) >= 11 is 18.1. The topological polar surface area (TPSA) is 32.3 Å². The van der Waals surface area contributed by atoms with E-state index in [9.17, 15) is 4.79 Å². The Morgan fingerprint density at radius 3 is 2.50 bits per heavy atom. The molecule has 24 heavy (non-hydrogen) atoms. The van der Waals surface area contributed by atoms with E-state index in [2.05, 4.69) is 10.2 Å². The second kappa shape index (κ2) is 6.93. The molecule has 1 heterocycles. The molecule has 1 saturated heterocycles. The van der Waals surface area contributed by atoms with E-state index in [4.69, 9.17) is 34.8 Å². The summed E-state index contributed by atoms with van der Waals surface area (Å²) in [6.07, 6.45) is 0.796. The Hall–Kier alpha value is -1.26. The molecular weight excluding hydrogens is 367 g/mol. The van der Waals surface area contributed by atoms with Gasteiger partial charge in [0.25, 0.3) is 0 Å². The van der Waals surface area contributed by atoms with Gasteiger partial charge in [0.05, 0.1) is 15.6 Å². The standard InChI is InChI=1S/C18H17Cl3N2O/c1-18(17(24)22-13-6-7-15(20)16(21)10-13)8-9-23(18)11-12-4-2-3-5-14(12)19/h2-7,10H,8-9,11H2,1H3,(H,22,24). The lowest BCUT2D eigenvalue weighted by Gasteiger charge is -2.49. The summed E-state index contributed by atoms with van der Waals surface area (Å²) in [5.41, 5.74) is 1.10. The molecule has 1 aliphatic heterocycles.